The molecule has 154 valence electrons. The molecule has 0 unspecified atom stereocenters. The molecule has 0 aromatic heterocycles. The van der Waals surface area contributed by atoms with Crippen LogP contribution in [0.3, 0.4) is 0 Å². The molecule has 3 rings (SSSR count). The van der Waals surface area contributed by atoms with Crippen molar-refractivity contribution in [3.63, 3.8) is 0 Å². The Hall–Kier alpha value is -3.32. The van der Waals surface area contributed by atoms with Crippen molar-refractivity contribution in [3.8, 4) is 5.75 Å². The van der Waals surface area contributed by atoms with Gasteiger partial charge in [-0.3, -0.25) is 19.3 Å². The number of ether oxygens (including phenoxy) is 1. The summed E-state index contributed by atoms with van der Waals surface area (Å²) in [4.78, 5) is 38.8. The van der Waals surface area contributed by atoms with Gasteiger partial charge in [-0.2, -0.15) is 0 Å². The lowest BCUT2D eigenvalue weighted by Gasteiger charge is -2.15. The second-order valence-electron chi connectivity index (χ2n) is 6.72. The van der Waals surface area contributed by atoms with Crippen molar-refractivity contribution in [1.82, 2.24) is 4.90 Å². The molecule has 0 bridgehead atoms. The molecule has 0 atom stereocenters. The molecule has 1 aliphatic rings. The fourth-order valence-corrected chi connectivity index (χ4v) is 3.82. The molecule has 0 aliphatic carbocycles. The number of imide groups is 1. The molecule has 2 aromatic carbocycles. The maximum Gasteiger partial charge on any atom is 0.294 e. The minimum absolute atomic E-state index is 0.245. The molecule has 30 heavy (non-hydrogen) atoms. The Bertz CT molecular complexity index is 1020. The maximum atomic E-state index is 12.7. The van der Waals surface area contributed by atoms with E-state index in [0.717, 1.165) is 27.8 Å². The molecule has 2 aromatic rings. The second kappa shape index (κ2) is 9.45. The monoisotopic (exact) mass is 422 g/mol. The highest BCUT2D eigenvalue weighted by Crippen LogP contribution is 2.34. The van der Waals surface area contributed by atoms with E-state index in [4.69, 9.17) is 4.74 Å². The summed E-state index contributed by atoms with van der Waals surface area (Å²) in [6.07, 6.45) is 3.23. The van der Waals surface area contributed by atoms with Crippen LogP contribution in [0.2, 0.25) is 0 Å². The number of hydrogen-bond acceptors (Lipinski definition) is 5. The van der Waals surface area contributed by atoms with Crippen LogP contribution < -0.4 is 10.1 Å². The van der Waals surface area contributed by atoms with Gasteiger partial charge in [-0.25, -0.2) is 0 Å². The number of nitrogens with zero attached hydrogens (tertiary/aromatic N) is 1. The van der Waals surface area contributed by atoms with Crippen LogP contribution in [-0.2, 0) is 9.59 Å². The van der Waals surface area contributed by atoms with Gasteiger partial charge in [0.1, 0.15) is 18.9 Å². The van der Waals surface area contributed by atoms with E-state index < -0.39 is 17.1 Å². The Labute approximate surface area is 179 Å². The van der Waals surface area contributed by atoms with Gasteiger partial charge in [-0.15, -0.1) is 0 Å². The number of amides is 3. The molecule has 0 spiro atoms. The smallest absolute Gasteiger partial charge is 0.294 e. The van der Waals surface area contributed by atoms with Gasteiger partial charge in [0.2, 0.25) is 5.91 Å². The predicted octanol–water partition coefficient (Wildman–Crippen LogP) is 4.54. The topological polar surface area (TPSA) is 75.7 Å². The zero-order valence-electron chi connectivity index (χ0n) is 16.8. The zero-order valence-corrected chi connectivity index (χ0v) is 17.6. The first kappa shape index (κ1) is 21.4. The normalized spacial score (nSPS) is 14.9. The lowest BCUT2D eigenvalue weighted by molar-refractivity contribution is -0.127. The molecule has 3 amide bonds. The lowest BCUT2D eigenvalue weighted by Crippen LogP contribution is -2.36. The summed E-state index contributed by atoms with van der Waals surface area (Å²) in [5.74, 6) is -0.345. The Morgan fingerprint density at radius 1 is 1.13 bits per heavy atom. The van der Waals surface area contributed by atoms with Gasteiger partial charge in [0.25, 0.3) is 11.1 Å². The largest absolute Gasteiger partial charge is 0.489 e. The number of aryl methyl sites for hydroxylation is 2. The van der Waals surface area contributed by atoms with Crippen molar-refractivity contribution in [3.05, 3.63) is 76.7 Å². The quantitative estimate of drug-likeness (QED) is 0.524. The molecule has 0 radical (unpaired) electrons. The van der Waals surface area contributed by atoms with Gasteiger partial charge in [0, 0.05) is 11.3 Å². The van der Waals surface area contributed by atoms with E-state index in [-0.39, 0.29) is 11.4 Å². The van der Waals surface area contributed by atoms with Gasteiger partial charge in [-0.1, -0.05) is 49.1 Å². The standard InChI is InChI=1S/C23H22N2O4S/c1-4-12-29-18-11-6-5-10-17(18)13-19-22(27)25(23(28)30-19)14-20(26)24-21-15(2)8-7-9-16(21)3/h4-11,13H,1,12,14H2,2-3H3,(H,24,26)/b19-13-. The van der Waals surface area contributed by atoms with Crippen molar-refractivity contribution in [2.24, 2.45) is 0 Å². The molecular weight excluding hydrogens is 400 g/mol. The first-order valence-corrected chi connectivity index (χ1v) is 10.2. The summed E-state index contributed by atoms with van der Waals surface area (Å²) in [5, 5.41) is 2.32. The van der Waals surface area contributed by atoms with Crippen molar-refractivity contribution >= 4 is 40.6 Å². The van der Waals surface area contributed by atoms with Gasteiger partial charge >= 0.3 is 0 Å². The van der Waals surface area contributed by atoms with Crippen LogP contribution in [0.1, 0.15) is 16.7 Å². The predicted molar refractivity (Wildman–Crippen MR) is 119 cm³/mol. The highest BCUT2D eigenvalue weighted by molar-refractivity contribution is 8.18. The Morgan fingerprint density at radius 2 is 1.83 bits per heavy atom. The minimum atomic E-state index is -0.500. The van der Waals surface area contributed by atoms with Crippen LogP contribution in [0.15, 0.2) is 60.0 Å². The molecule has 1 aliphatic heterocycles. The van der Waals surface area contributed by atoms with Crippen LogP contribution in [-0.4, -0.2) is 35.1 Å². The summed E-state index contributed by atoms with van der Waals surface area (Å²) >= 11 is 0.807. The van der Waals surface area contributed by atoms with Crippen molar-refractivity contribution in [1.29, 1.82) is 0 Å². The van der Waals surface area contributed by atoms with E-state index >= 15 is 0 Å². The van der Waals surface area contributed by atoms with Crippen molar-refractivity contribution in [2.75, 3.05) is 18.5 Å². The van der Waals surface area contributed by atoms with Crippen molar-refractivity contribution in [2.45, 2.75) is 13.8 Å². The lowest BCUT2D eigenvalue weighted by atomic mass is 10.1. The molecule has 6 nitrogen and oxygen atoms in total. The molecule has 7 heteroatoms. The van der Waals surface area contributed by atoms with E-state index in [9.17, 15) is 14.4 Å². The number of rotatable bonds is 7. The SMILES string of the molecule is C=CCOc1ccccc1/C=C1\SC(=O)N(CC(=O)Nc2c(C)cccc2C)C1=O. The van der Waals surface area contributed by atoms with Crippen LogP contribution in [0.25, 0.3) is 6.08 Å². The third kappa shape index (κ3) is 4.80. The summed E-state index contributed by atoms with van der Waals surface area (Å²) in [7, 11) is 0. The van der Waals surface area contributed by atoms with Gasteiger partial charge in [-0.05, 0) is 48.9 Å². The second-order valence-corrected chi connectivity index (χ2v) is 7.71. The fraction of sp³-hybridized carbons (Fsp3) is 0.174. The van der Waals surface area contributed by atoms with Crippen LogP contribution in [0, 0.1) is 13.8 Å². The van der Waals surface area contributed by atoms with E-state index in [1.54, 1.807) is 24.3 Å². The highest BCUT2D eigenvalue weighted by atomic mass is 32.2. The average molecular weight is 423 g/mol. The number of carbonyl (C=O) groups is 3. The Morgan fingerprint density at radius 3 is 2.53 bits per heavy atom. The summed E-state index contributed by atoms with van der Waals surface area (Å²) in [5.41, 5.74) is 3.19. The van der Waals surface area contributed by atoms with E-state index in [2.05, 4.69) is 11.9 Å². The van der Waals surface area contributed by atoms with E-state index in [1.807, 2.05) is 44.2 Å². The minimum Gasteiger partial charge on any atom is -0.489 e. The molecular formula is C23H22N2O4S. The average Bonchev–Trinajstić information content (AvgIpc) is 2.97. The number of hydrogen-bond donors (Lipinski definition) is 1. The number of benzene rings is 2. The molecule has 1 N–H and O–H groups in total. The Balaban J connectivity index is 1.74. The van der Waals surface area contributed by atoms with Crippen LogP contribution in [0.4, 0.5) is 10.5 Å². The summed E-state index contributed by atoms with van der Waals surface area (Å²) < 4.78 is 5.59. The zero-order chi connectivity index (χ0) is 21.7. The number of para-hydroxylation sites is 2. The van der Waals surface area contributed by atoms with E-state index in [1.165, 1.54) is 0 Å². The highest BCUT2D eigenvalue weighted by Gasteiger charge is 2.36. The number of carbonyl (C=O) groups excluding carboxylic acids is 3. The fourth-order valence-electron chi connectivity index (χ4n) is 2.99. The third-order valence-electron chi connectivity index (χ3n) is 4.48. The van der Waals surface area contributed by atoms with Crippen LogP contribution >= 0.6 is 11.8 Å². The molecule has 1 heterocycles. The number of nitrogens with one attached hydrogen (secondary N) is 1. The summed E-state index contributed by atoms with van der Waals surface area (Å²) in [6, 6.07) is 12.9. The summed E-state index contributed by atoms with van der Waals surface area (Å²) in [6.45, 7) is 7.37. The van der Waals surface area contributed by atoms with Gasteiger partial charge in [0.15, 0.2) is 0 Å². The molecule has 0 saturated carbocycles. The van der Waals surface area contributed by atoms with Crippen LogP contribution in [0.5, 0.6) is 5.75 Å². The molecule has 1 fully saturated rings. The van der Waals surface area contributed by atoms with E-state index in [0.29, 0.717) is 23.6 Å². The van der Waals surface area contributed by atoms with Crippen molar-refractivity contribution < 1.29 is 19.1 Å². The first-order chi connectivity index (χ1) is 14.4. The Kier molecular flexibility index (Phi) is 6.74. The number of anilines is 1. The third-order valence-corrected chi connectivity index (χ3v) is 5.39. The van der Waals surface area contributed by atoms with Gasteiger partial charge < -0.3 is 10.1 Å². The first-order valence-electron chi connectivity index (χ1n) is 9.35. The van der Waals surface area contributed by atoms with Gasteiger partial charge in [0.05, 0.1) is 4.91 Å². The molecule has 1 saturated heterocycles. The number of thioether (sulfide) groups is 1. The maximum absolute atomic E-state index is 12.7.